The molecule has 1 aliphatic carbocycles. The molecule has 1 aromatic rings. The van der Waals surface area contributed by atoms with E-state index in [-0.39, 0.29) is 23.5 Å². The van der Waals surface area contributed by atoms with Crippen LogP contribution >= 0.6 is 0 Å². The first-order chi connectivity index (χ1) is 17.4. The Labute approximate surface area is 217 Å². The summed E-state index contributed by atoms with van der Waals surface area (Å²) >= 11 is 0. The van der Waals surface area contributed by atoms with Crippen molar-refractivity contribution in [1.29, 1.82) is 5.26 Å². The van der Waals surface area contributed by atoms with Crippen LogP contribution in [0.15, 0.2) is 24.3 Å². The number of carbonyl (C=O) groups excluding carboxylic acids is 2. The Morgan fingerprint density at radius 3 is 2.19 bits per heavy atom. The largest absolute Gasteiger partial charge is 0.479 e. The van der Waals surface area contributed by atoms with Gasteiger partial charge in [0.15, 0.2) is 6.10 Å². The van der Waals surface area contributed by atoms with Gasteiger partial charge in [-0.25, -0.2) is 9.59 Å². The van der Waals surface area contributed by atoms with Gasteiger partial charge in [-0.3, -0.25) is 0 Å². The van der Waals surface area contributed by atoms with Crippen molar-refractivity contribution >= 4 is 11.9 Å². The van der Waals surface area contributed by atoms with Gasteiger partial charge in [0.2, 0.25) is 0 Å². The molecular weight excluding hydrogens is 454 g/mol. The fraction of sp³-hybridized carbons (Fsp3) is 0.700. The highest BCUT2D eigenvalue weighted by atomic mass is 16.6. The first-order valence-corrected chi connectivity index (χ1v) is 14.0. The van der Waals surface area contributed by atoms with Crippen molar-refractivity contribution in [2.75, 3.05) is 6.61 Å². The number of ether oxygens (including phenoxy) is 3. The van der Waals surface area contributed by atoms with Crippen LogP contribution in [0.5, 0.6) is 5.75 Å². The van der Waals surface area contributed by atoms with Crippen LogP contribution in [-0.4, -0.2) is 30.8 Å². The fourth-order valence-electron chi connectivity index (χ4n) is 4.71. The number of rotatable bonds is 16. The number of nitriles is 1. The summed E-state index contributed by atoms with van der Waals surface area (Å²) in [5.74, 6) is -0.255. The predicted octanol–water partition coefficient (Wildman–Crippen LogP) is 7.55. The van der Waals surface area contributed by atoms with E-state index in [1.807, 2.05) is 0 Å². The molecule has 0 bridgehead atoms. The summed E-state index contributed by atoms with van der Waals surface area (Å²) in [5.41, 5.74) is 0.183. The lowest BCUT2D eigenvalue weighted by atomic mass is 9.71. The Morgan fingerprint density at radius 1 is 0.972 bits per heavy atom. The molecule has 0 radical (unpaired) electrons. The Morgan fingerprint density at radius 2 is 1.58 bits per heavy atom. The van der Waals surface area contributed by atoms with Crippen molar-refractivity contribution in [2.45, 2.75) is 123 Å². The molecule has 0 saturated heterocycles. The molecule has 1 saturated carbocycles. The van der Waals surface area contributed by atoms with E-state index in [4.69, 9.17) is 14.2 Å². The average Bonchev–Trinajstić information content (AvgIpc) is 2.89. The van der Waals surface area contributed by atoms with Gasteiger partial charge in [-0.15, -0.1) is 0 Å². The van der Waals surface area contributed by atoms with Gasteiger partial charge in [0.1, 0.15) is 11.9 Å². The highest BCUT2D eigenvalue weighted by molar-refractivity contribution is 5.89. The van der Waals surface area contributed by atoms with Crippen molar-refractivity contribution in [1.82, 2.24) is 0 Å². The maximum Gasteiger partial charge on any atom is 0.347 e. The summed E-state index contributed by atoms with van der Waals surface area (Å²) in [6, 6.07) is 9.22. The van der Waals surface area contributed by atoms with Crippen LogP contribution in [0.25, 0.3) is 0 Å². The van der Waals surface area contributed by atoms with Crippen LogP contribution < -0.4 is 4.74 Å². The van der Waals surface area contributed by atoms with Gasteiger partial charge in [0.05, 0.1) is 23.7 Å². The molecule has 6 heteroatoms. The molecular formula is C30H45NO5. The molecule has 0 aliphatic heterocycles. The molecule has 1 fully saturated rings. The van der Waals surface area contributed by atoms with Gasteiger partial charge >= 0.3 is 11.9 Å². The zero-order chi connectivity index (χ0) is 26.2. The summed E-state index contributed by atoms with van der Waals surface area (Å²) in [7, 11) is 0. The first-order valence-electron chi connectivity index (χ1n) is 14.0. The minimum Gasteiger partial charge on any atom is -0.479 e. The maximum absolute atomic E-state index is 12.6. The van der Waals surface area contributed by atoms with Crippen LogP contribution in [0.4, 0.5) is 0 Å². The zero-order valence-corrected chi connectivity index (χ0v) is 22.6. The Kier molecular flexibility index (Phi) is 13.4. The van der Waals surface area contributed by atoms with Gasteiger partial charge in [-0.2, -0.15) is 5.26 Å². The van der Waals surface area contributed by atoms with Crippen LogP contribution in [-0.2, 0) is 14.3 Å². The monoisotopic (exact) mass is 499 g/mol. The van der Waals surface area contributed by atoms with Crippen molar-refractivity contribution in [3.05, 3.63) is 29.8 Å². The quantitative estimate of drug-likeness (QED) is 0.172. The van der Waals surface area contributed by atoms with E-state index >= 15 is 0 Å². The van der Waals surface area contributed by atoms with Crippen molar-refractivity contribution in [3.63, 3.8) is 0 Å². The molecule has 1 aromatic carbocycles. The molecule has 36 heavy (non-hydrogen) atoms. The number of hydrogen-bond donors (Lipinski definition) is 0. The highest BCUT2D eigenvalue weighted by Crippen LogP contribution is 2.41. The molecule has 0 aromatic heterocycles. The van der Waals surface area contributed by atoms with Crippen molar-refractivity contribution < 1.29 is 23.8 Å². The zero-order valence-electron chi connectivity index (χ0n) is 22.6. The van der Waals surface area contributed by atoms with E-state index in [0.29, 0.717) is 17.9 Å². The summed E-state index contributed by atoms with van der Waals surface area (Å²) < 4.78 is 16.7. The number of benzene rings is 1. The SMILES string of the molecule is CCCCCCCC1(C#N)CCC(OC(=O)c2ccc(OC(C)C(=O)OCCCCCC)cc2)CC1. The number of carbonyl (C=O) groups is 2. The summed E-state index contributed by atoms with van der Waals surface area (Å²) in [4.78, 5) is 24.8. The molecule has 0 amide bonds. The van der Waals surface area contributed by atoms with Crippen molar-refractivity contribution in [2.24, 2.45) is 5.41 Å². The van der Waals surface area contributed by atoms with E-state index in [0.717, 1.165) is 64.2 Å². The first kappa shape index (κ1) is 29.7. The molecule has 0 N–H and O–H groups in total. The van der Waals surface area contributed by atoms with Crippen LogP contribution in [0.1, 0.15) is 121 Å². The van der Waals surface area contributed by atoms with Crippen molar-refractivity contribution in [3.8, 4) is 11.8 Å². The van der Waals surface area contributed by atoms with Gasteiger partial charge in [-0.05, 0) is 69.7 Å². The third kappa shape index (κ3) is 10.2. The lowest BCUT2D eigenvalue weighted by Crippen LogP contribution is -2.31. The standard InChI is InChI=1S/C30H45NO5/c1-4-6-8-10-11-19-30(23-31)20-17-27(18-21-30)36-29(33)25-13-15-26(16-14-25)35-24(3)28(32)34-22-12-9-7-5-2/h13-16,24,27H,4-12,17-22H2,1-3H3. The van der Waals surface area contributed by atoms with Gasteiger partial charge < -0.3 is 14.2 Å². The second-order valence-electron chi connectivity index (χ2n) is 10.2. The molecule has 1 atom stereocenters. The smallest absolute Gasteiger partial charge is 0.347 e. The number of esters is 2. The Hall–Kier alpha value is -2.55. The molecule has 6 nitrogen and oxygen atoms in total. The van der Waals surface area contributed by atoms with Gasteiger partial charge in [0, 0.05) is 0 Å². The molecule has 0 heterocycles. The lowest BCUT2D eigenvalue weighted by molar-refractivity contribution is -0.151. The summed E-state index contributed by atoms with van der Waals surface area (Å²) in [5, 5.41) is 9.79. The van der Waals surface area contributed by atoms with Crippen LogP contribution in [0.2, 0.25) is 0 Å². The lowest BCUT2D eigenvalue weighted by Gasteiger charge is -2.34. The van der Waals surface area contributed by atoms with Gasteiger partial charge in [-0.1, -0.05) is 65.2 Å². The molecule has 1 aliphatic rings. The summed E-state index contributed by atoms with van der Waals surface area (Å²) in [6.45, 7) is 6.41. The van der Waals surface area contributed by atoms with Crippen LogP contribution in [0, 0.1) is 16.7 Å². The minimum absolute atomic E-state index is 0.151. The third-order valence-corrected chi connectivity index (χ3v) is 7.14. The number of unbranched alkanes of at least 4 members (excludes halogenated alkanes) is 7. The molecule has 200 valence electrons. The molecule has 1 unspecified atom stereocenters. The van der Waals surface area contributed by atoms with E-state index in [2.05, 4.69) is 19.9 Å². The normalized spacial score (nSPS) is 20.2. The summed E-state index contributed by atoms with van der Waals surface area (Å²) in [6.07, 6.45) is 13.3. The second kappa shape index (κ2) is 16.2. The topological polar surface area (TPSA) is 85.6 Å². The molecule has 0 spiro atoms. The van der Waals surface area contributed by atoms with E-state index in [1.54, 1.807) is 31.2 Å². The van der Waals surface area contributed by atoms with Crippen LogP contribution in [0.3, 0.4) is 0 Å². The molecule has 2 rings (SSSR count). The third-order valence-electron chi connectivity index (χ3n) is 7.14. The highest BCUT2D eigenvalue weighted by Gasteiger charge is 2.36. The minimum atomic E-state index is -0.719. The fourth-order valence-corrected chi connectivity index (χ4v) is 4.71. The maximum atomic E-state index is 12.6. The van der Waals surface area contributed by atoms with E-state index in [1.165, 1.54) is 25.7 Å². The number of hydrogen-bond acceptors (Lipinski definition) is 6. The van der Waals surface area contributed by atoms with Gasteiger partial charge in [0.25, 0.3) is 0 Å². The second-order valence-corrected chi connectivity index (χ2v) is 10.2. The van der Waals surface area contributed by atoms with E-state index in [9.17, 15) is 14.9 Å². The predicted molar refractivity (Wildman–Crippen MR) is 141 cm³/mol. The number of nitrogens with zero attached hydrogens (tertiary/aromatic N) is 1. The Balaban J connectivity index is 1.74. The Bertz CT molecular complexity index is 821. The van der Waals surface area contributed by atoms with E-state index < -0.39 is 6.10 Å². The average molecular weight is 500 g/mol.